The van der Waals surface area contributed by atoms with Crippen LogP contribution in [-0.4, -0.2) is 62.8 Å². The molecule has 1 unspecified atom stereocenters. The van der Waals surface area contributed by atoms with Crippen molar-refractivity contribution < 1.29 is 5.11 Å². The first-order valence-electron chi connectivity index (χ1n) is 10.5. The van der Waals surface area contributed by atoms with Crippen LogP contribution in [0.1, 0.15) is 23.9 Å². The molecule has 166 valence electrons. The fraction of sp³-hybridized carbons (Fsp3) is 0.409. The van der Waals surface area contributed by atoms with Gasteiger partial charge < -0.3 is 15.7 Å². The molecule has 3 N–H and O–H groups in total. The molecule has 3 heterocycles. The average Bonchev–Trinajstić information content (AvgIpc) is 3.19. The van der Waals surface area contributed by atoms with E-state index in [4.69, 9.17) is 0 Å². The molecule has 9 heteroatoms. The summed E-state index contributed by atoms with van der Waals surface area (Å²) >= 11 is 0. The van der Waals surface area contributed by atoms with Crippen molar-refractivity contribution in [1.82, 2.24) is 30.1 Å². The van der Waals surface area contributed by atoms with Gasteiger partial charge in [0, 0.05) is 38.9 Å². The lowest BCUT2D eigenvalue weighted by Crippen LogP contribution is -2.45. The van der Waals surface area contributed by atoms with Crippen LogP contribution < -0.4 is 10.6 Å². The molecule has 0 radical (unpaired) electrons. The molecule has 1 aromatic carbocycles. The smallest absolute Gasteiger partial charge is 0.191 e. The second-order valence-corrected chi connectivity index (χ2v) is 7.53. The zero-order valence-electron chi connectivity index (χ0n) is 17.7. The molecule has 3 aromatic rings. The maximum atomic E-state index is 10.5. The average molecular weight is 535 g/mol. The molecule has 31 heavy (non-hydrogen) atoms. The molecule has 8 nitrogen and oxygen atoms in total. The molecule has 2 aromatic heterocycles. The van der Waals surface area contributed by atoms with Gasteiger partial charge in [-0.2, -0.15) is 0 Å². The Hall–Kier alpha value is -2.24. The zero-order valence-corrected chi connectivity index (χ0v) is 20.1. The number of halogens is 1. The first kappa shape index (κ1) is 23.4. The minimum absolute atomic E-state index is 0. The van der Waals surface area contributed by atoms with Crippen LogP contribution in [0.2, 0.25) is 0 Å². The van der Waals surface area contributed by atoms with E-state index in [-0.39, 0.29) is 24.0 Å². The molecule has 4 rings (SSSR count). The van der Waals surface area contributed by atoms with Crippen molar-refractivity contribution in [3.05, 3.63) is 65.6 Å². The number of aliphatic hydroxyl groups is 1. The van der Waals surface area contributed by atoms with Crippen molar-refractivity contribution in [2.24, 2.45) is 4.99 Å². The van der Waals surface area contributed by atoms with Crippen LogP contribution in [0.15, 0.2) is 53.7 Å². The van der Waals surface area contributed by atoms with Crippen molar-refractivity contribution in [2.45, 2.75) is 32.5 Å². The van der Waals surface area contributed by atoms with Crippen molar-refractivity contribution in [3.8, 4) is 0 Å². The summed E-state index contributed by atoms with van der Waals surface area (Å²) in [4.78, 5) is 6.91. The number of hydrogen-bond acceptors (Lipinski definition) is 5. The van der Waals surface area contributed by atoms with Crippen LogP contribution in [0.5, 0.6) is 0 Å². The van der Waals surface area contributed by atoms with E-state index in [0.29, 0.717) is 25.6 Å². The number of β-amino-alcohol motifs (C(OH)–C–C–N with tert-alkyl or cyclic N) is 1. The molecule has 0 fully saturated rings. The van der Waals surface area contributed by atoms with Gasteiger partial charge >= 0.3 is 0 Å². The Kier molecular flexibility index (Phi) is 8.61. The summed E-state index contributed by atoms with van der Waals surface area (Å²) in [7, 11) is 0. The first-order valence-corrected chi connectivity index (χ1v) is 10.5. The third-order valence-electron chi connectivity index (χ3n) is 5.29. The molecule has 0 bridgehead atoms. The monoisotopic (exact) mass is 535 g/mol. The van der Waals surface area contributed by atoms with E-state index in [0.717, 1.165) is 37.5 Å². The Bertz CT molecular complexity index is 1010. The van der Waals surface area contributed by atoms with Gasteiger partial charge in [0.05, 0.1) is 6.10 Å². The number of aliphatic hydroxyl groups excluding tert-OH is 1. The quantitative estimate of drug-likeness (QED) is 0.243. The van der Waals surface area contributed by atoms with Gasteiger partial charge in [0.1, 0.15) is 6.54 Å². The highest BCUT2D eigenvalue weighted by Crippen LogP contribution is 2.18. The minimum atomic E-state index is -0.479. The van der Waals surface area contributed by atoms with Gasteiger partial charge in [-0.3, -0.25) is 9.30 Å². The van der Waals surface area contributed by atoms with Gasteiger partial charge in [0.15, 0.2) is 17.4 Å². The number of benzene rings is 1. The highest BCUT2D eigenvalue weighted by molar-refractivity contribution is 14.0. The highest BCUT2D eigenvalue weighted by Gasteiger charge is 2.18. The summed E-state index contributed by atoms with van der Waals surface area (Å²) in [5.41, 5.74) is 3.59. The predicted octanol–water partition coefficient (Wildman–Crippen LogP) is 1.82. The number of nitrogens with zero attached hydrogens (tertiary/aromatic N) is 5. The van der Waals surface area contributed by atoms with Gasteiger partial charge in [-0.05, 0) is 36.6 Å². The fourth-order valence-corrected chi connectivity index (χ4v) is 3.78. The number of rotatable bonds is 7. The number of guanidine groups is 1. The van der Waals surface area contributed by atoms with E-state index in [1.807, 2.05) is 35.7 Å². The van der Waals surface area contributed by atoms with Crippen LogP contribution in [0.4, 0.5) is 0 Å². The first-order chi connectivity index (χ1) is 14.7. The van der Waals surface area contributed by atoms with E-state index in [2.05, 4.69) is 55.0 Å². The summed E-state index contributed by atoms with van der Waals surface area (Å²) < 4.78 is 1.93. The number of fused-ring (bicyclic) bond motifs is 2. The van der Waals surface area contributed by atoms with Crippen LogP contribution in [-0.2, 0) is 19.5 Å². The molecule has 0 spiro atoms. The molecular weight excluding hydrogens is 505 g/mol. The standard InChI is InChI=1S/C22H29N7O.HI/c1-2-23-22(25-14-21-27-26-20-9-5-6-11-29(20)21)24-13-19(30)16-28-12-10-17-7-3-4-8-18(17)15-28;/h3-9,11,19,30H,2,10,12-16H2,1H3,(H2,23,24,25);1H. The van der Waals surface area contributed by atoms with Gasteiger partial charge in [-0.1, -0.05) is 30.3 Å². The maximum absolute atomic E-state index is 10.5. The Balaban J connectivity index is 0.00000272. The van der Waals surface area contributed by atoms with Crippen LogP contribution in [0.3, 0.4) is 0 Å². The van der Waals surface area contributed by atoms with Gasteiger partial charge in [-0.25, -0.2) is 4.99 Å². The summed E-state index contributed by atoms with van der Waals surface area (Å²) in [5, 5.41) is 25.4. The van der Waals surface area contributed by atoms with Crippen LogP contribution >= 0.6 is 24.0 Å². The number of pyridine rings is 1. The summed E-state index contributed by atoms with van der Waals surface area (Å²) in [5.74, 6) is 1.43. The minimum Gasteiger partial charge on any atom is -0.390 e. The van der Waals surface area contributed by atoms with E-state index < -0.39 is 6.10 Å². The maximum Gasteiger partial charge on any atom is 0.191 e. The topological polar surface area (TPSA) is 90.1 Å². The van der Waals surface area contributed by atoms with Crippen molar-refractivity contribution >= 4 is 35.6 Å². The lowest BCUT2D eigenvalue weighted by molar-refractivity contribution is 0.108. The van der Waals surface area contributed by atoms with E-state index in [1.54, 1.807) is 0 Å². The molecule has 1 aliphatic rings. The van der Waals surface area contributed by atoms with E-state index in [1.165, 1.54) is 11.1 Å². The van der Waals surface area contributed by atoms with Gasteiger partial charge in [0.2, 0.25) is 0 Å². The normalized spacial score (nSPS) is 15.2. The SMILES string of the molecule is CCNC(=NCc1nnc2ccccn12)NCC(O)CN1CCc2ccccc2C1.I. The molecule has 1 atom stereocenters. The molecule has 1 aliphatic heterocycles. The van der Waals surface area contributed by atoms with Crippen molar-refractivity contribution in [1.29, 1.82) is 0 Å². The molecule has 0 aliphatic carbocycles. The van der Waals surface area contributed by atoms with Crippen LogP contribution in [0.25, 0.3) is 5.65 Å². The largest absolute Gasteiger partial charge is 0.390 e. The lowest BCUT2D eigenvalue weighted by atomic mass is 10.00. The Labute approximate surface area is 199 Å². The van der Waals surface area contributed by atoms with E-state index in [9.17, 15) is 5.11 Å². The van der Waals surface area contributed by atoms with Gasteiger partial charge in [0.25, 0.3) is 0 Å². The van der Waals surface area contributed by atoms with Crippen molar-refractivity contribution in [2.75, 3.05) is 26.2 Å². The van der Waals surface area contributed by atoms with Crippen LogP contribution in [0, 0.1) is 0 Å². The van der Waals surface area contributed by atoms with Crippen molar-refractivity contribution in [3.63, 3.8) is 0 Å². The molecular formula is C22H30IN7O. The Morgan fingerprint density at radius 3 is 2.77 bits per heavy atom. The number of hydrogen-bond donors (Lipinski definition) is 3. The fourth-order valence-electron chi connectivity index (χ4n) is 3.78. The number of aromatic nitrogens is 3. The third-order valence-corrected chi connectivity index (χ3v) is 5.29. The molecule has 0 saturated heterocycles. The molecule has 0 saturated carbocycles. The highest BCUT2D eigenvalue weighted by atomic mass is 127. The Morgan fingerprint density at radius 2 is 1.94 bits per heavy atom. The predicted molar refractivity (Wildman–Crippen MR) is 133 cm³/mol. The second-order valence-electron chi connectivity index (χ2n) is 7.53. The Morgan fingerprint density at radius 1 is 1.13 bits per heavy atom. The second kappa shape index (κ2) is 11.4. The molecule has 0 amide bonds. The summed E-state index contributed by atoms with van der Waals surface area (Å²) in [6.07, 6.45) is 2.49. The van der Waals surface area contributed by atoms with Gasteiger partial charge in [-0.15, -0.1) is 34.2 Å². The third kappa shape index (κ3) is 6.14. The summed E-state index contributed by atoms with van der Waals surface area (Å²) in [6, 6.07) is 14.3. The zero-order chi connectivity index (χ0) is 20.8. The lowest BCUT2D eigenvalue weighted by Gasteiger charge is -2.30. The number of nitrogens with one attached hydrogen (secondary N) is 2. The number of aliphatic imine (C=N–C) groups is 1. The summed E-state index contributed by atoms with van der Waals surface area (Å²) in [6.45, 7) is 6.10. The van der Waals surface area contributed by atoms with E-state index >= 15 is 0 Å².